The molecule has 0 saturated heterocycles. The molecule has 5 N–H and O–H groups in total. The van der Waals surface area contributed by atoms with E-state index >= 15 is 0 Å². The number of carbonyl (C=O) groups is 3. The fourth-order valence-corrected chi connectivity index (χ4v) is 3.08. The maximum absolute atomic E-state index is 11.7. The van der Waals surface area contributed by atoms with E-state index in [1.54, 1.807) is 11.8 Å². The molecular weight excluding hydrogens is 270 g/mol. The Kier molecular flexibility index (Phi) is 5.94. The summed E-state index contributed by atoms with van der Waals surface area (Å²) in [6, 6.07) is -1.82. The number of rotatable bonds is 6. The highest BCUT2D eigenvalue weighted by atomic mass is 32.2. The molecule has 0 heterocycles. The van der Waals surface area contributed by atoms with Crippen LogP contribution >= 0.6 is 11.8 Å². The average Bonchev–Trinajstić information content (AvgIpc) is 2.74. The van der Waals surface area contributed by atoms with E-state index < -0.39 is 30.4 Å². The molecule has 0 bridgehead atoms. The average molecular weight is 289 g/mol. The first-order chi connectivity index (χ1) is 8.93. The van der Waals surface area contributed by atoms with Crippen LogP contribution in [-0.4, -0.2) is 46.6 Å². The topological polar surface area (TPSA) is 122 Å². The molecule has 0 aromatic rings. The molecule has 1 fully saturated rings. The van der Waals surface area contributed by atoms with Crippen LogP contribution in [0, 0.1) is 0 Å². The van der Waals surface area contributed by atoms with Gasteiger partial charge in [0.15, 0.2) is 0 Å². The van der Waals surface area contributed by atoms with Crippen LogP contribution in [0.25, 0.3) is 0 Å². The number of aliphatic carboxylic acids is 1. The Hall–Kier alpha value is -1.44. The van der Waals surface area contributed by atoms with Gasteiger partial charge < -0.3 is 21.5 Å². The number of carbonyl (C=O) groups excluding carboxylic acids is 2. The number of nitrogens with two attached hydrogens (primary N) is 1. The van der Waals surface area contributed by atoms with Gasteiger partial charge in [-0.3, -0.25) is 4.79 Å². The van der Waals surface area contributed by atoms with Gasteiger partial charge in [-0.2, -0.15) is 11.8 Å². The van der Waals surface area contributed by atoms with Gasteiger partial charge in [0.25, 0.3) is 0 Å². The summed E-state index contributed by atoms with van der Waals surface area (Å²) in [5, 5.41) is 14.2. The molecule has 1 rings (SSSR count). The summed E-state index contributed by atoms with van der Waals surface area (Å²) in [5.74, 6) is -2.04. The quantitative estimate of drug-likeness (QED) is 0.544. The Morgan fingerprint density at radius 1 is 1.42 bits per heavy atom. The second-order valence-electron chi connectivity index (χ2n) is 4.49. The lowest BCUT2D eigenvalue weighted by molar-refractivity contribution is -0.140. The van der Waals surface area contributed by atoms with Crippen LogP contribution in [0.15, 0.2) is 0 Å². The Morgan fingerprint density at radius 2 is 2.11 bits per heavy atom. The lowest BCUT2D eigenvalue weighted by atomic mass is 10.2. The maximum Gasteiger partial charge on any atom is 0.326 e. The van der Waals surface area contributed by atoms with Crippen LogP contribution < -0.4 is 16.4 Å². The summed E-state index contributed by atoms with van der Waals surface area (Å²) < 4.78 is 0. The van der Waals surface area contributed by atoms with Crippen LogP contribution in [0.1, 0.15) is 25.7 Å². The number of primary amides is 1. The first-order valence-corrected chi connectivity index (χ1v) is 7.33. The second kappa shape index (κ2) is 7.22. The molecule has 8 heteroatoms. The largest absolute Gasteiger partial charge is 0.480 e. The van der Waals surface area contributed by atoms with Crippen molar-refractivity contribution in [2.24, 2.45) is 5.73 Å². The third kappa shape index (κ3) is 4.98. The highest BCUT2D eigenvalue weighted by Gasteiger charge is 2.29. The van der Waals surface area contributed by atoms with E-state index in [1.165, 1.54) is 0 Å². The van der Waals surface area contributed by atoms with Crippen LogP contribution in [0.4, 0.5) is 4.79 Å². The lowest BCUT2D eigenvalue weighted by Crippen LogP contribution is -2.51. The summed E-state index contributed by atoms with van der Waals surface area (Å²) in [4.78, 5) is 33.3. The van der Waals surface area contributed by atoms with Crippen molar-refractivity contribution in [1.29, 1.82) is 0 Å². The standard InChI is InChI=1S/C11H19N3O4S/c1-19-8-4-2-3-6(8)13-11(18)14-7(10(16)17)5-9(12)15/h6-8H,2-5H2,1H3,(H2,12,15)(H,16,17)(H2,13,14,18)/t6?,7-,8?/m0/s1. The first kappa shape index (κ1) is 15.6. The molecule has 1 aliphatic rings. The molecule has 1 saturated carbocycles. The van der Waals surface area contributed by atoms with Crippen LogP contribution in [-0.2, 0) is 9.59 Å². The molecule has 1 aliphatic carbocycles. The summed E-state index contributed by atoms with van der Waals surface area (Å²) in [7, 11) is 0. The smallest absolute Gasteiger partial charge is 0.326 e. The Balaban J connectivity index is 2.48. The second-order valence-corrected chi connectivity index (χ2v) is 5.57. The number of thioether (sulfide) groups is 1. The van der Waals surface area contributed by atoms with Gasteiger partial charge in [0.05, 0.1) is 6.42 Å². The van der Waals surface area contributed by atoms with Crippen LogP contribution in [0.5, 0.6) is 0 Å². The molecule has 2 unspecified atom stereocenters. The van der Waals surface area contributed by atoms with Gasteiger partial charge in [-0.15, -0.1) is 0 Å². The molecule has 0 radical (unpaired) electrons. The van der Waals surface area contributed by atoms with E-state index in [-0.39, 0.29) is 6.04 Å². The number of nitrogens with one attached hydrogen (secondary N) is 2. The van der Waals surface area contributed by atoms with Crippen molar-refractivity contribution in [3.8, 4) is 0 Å². The number of urea groups is 1. The van der Waals surface area contributed by atoms with E-state index in [2.05, 4.69) is 10.6 Å². The van der Waals surface area contributed by atoms with Gasteiger partial charge in [0.2, 0.25) is 5.91 Å². The third-order valence-electron chi connectivity index (χ3n) is 3.08. The fourth-order valence-electron chi connectivity index (χ4n) is 2.14. The zero-order valence-corrected chi connectivity index (χ0v) is 11.5. The van der Waals surface area contributed by atoms with Crippen molar-refractivity contribution in [3.63, 3.8) is 0 Å². The van der Waals surface area contributed by atoms with E-state index in [1.807, 2.05) is 6.26 Å². The summed E-state index contributed by atoms with van der Waals surface area (Å²) in [6.45, 7) is 0. The van der Waals surface area contributed by atoms with Gasteiger partial charge in [-0.05, 0) is 19.1 Å². The fraction of sp³-hybridized carbons (Fsp3) is 0.727. The van der Waals surface area contributed by atoms with Gasteiger partial charge in [0, 0.05) is 11.3 Å². The molecule has 0 aliphatic heterocycles. The van der Waals surface area contributed by atoms with Gasteiger partial charge in [-0.1, -0.05) is 6.42 Å². The number of amides is 3. The van der Waals surface area contributed by atoms with Crippen molar-refractivity contribution in [2.75, 3.05) is 6.26 Å². The number of hydrogen-bond acceptors (Lipinski definition) is 4. The van der Waals surface area contributed by atoms with E-state index in [4.69, 9.17) is 10.8 Å². The number of carboxylic acids is 1. The normalized spacial score (nSPS) is 23.6. The van der Waals surface area contributed by atoms with Gasteiger partial charge >= 0.3 is 12.0 Å². The summed E-state index contributed by atoms with van der Waals surface area (Å²) in [6.07, 6.45) is 4.53. The highest BCUT2D eigenvalue weighted by molar-refractivity contribution is 7.99. The van der Waals surface area contributed by atoms with Crippen LogP contribution in [0.2, 0.25) is 0 Å². The lowest BCUT2D eigenvalue weighted by Gasteiger charge is -2.21. The van der Waals surface area contributed by atoms with Crippen molar-refractivity contribution >= 4 is 29.7 Å². The van der Waals surface area contributed by atoms with E-state index in [0.717, 1.165) is 19.3 Å². The Morgan fingerprint density at radius 3 is 2.63 bits per heavy atom. The molecule has 3 atom stereocenters. The monoisotopic (exact) mass is 289 g/mol. The predicted octanol–water partition coefficient (Wildman–Crippen LogP) is -0.102. The van der Waals surface area contributed by atoms with Crippen molar-refractivity contribution in [1.82, 2.24) is 10.6 Å². The number of carboxylic acid groups (broad SMARTS) is 1. The van der Waals surface area contributed by atoms with Crippen molar-refractivity contribution in [3.05, 3.63) is 0 Å². The molecule has 3 amide bonds. The zero-order valence-electron chi connectivity index (χ0n) is 10.7. The molecule has 0 aromatic carbocycles. The molecule has 108 valence electrons. The Bertz CT molecular complexity index is 364. The summed E-state index contributed by atoms with van der Waals surface area (Å²) in [5.41, 5.74) is 4.94. The van der Waals surface area contributed by atoms with Crippen molar-refractivity contribution in [2.45, 2.75) is 43.0 Å². The highest BCUT2D eigenvalue weighted by Crippen LogP contribution is 2.28. The zero-order chi connectivity index (χ0) is 14.4. The van der Waals surface area contributed by atoms with Gasteiger partial charge in [0.1, 0.15) is 6.04 Å². The molecule has 7 nitrogen and oxygen atoms in total. The predicted molar refractivity (Wildman–Crippen MR) is 71.8 cm³/mol. The third-order valence-corrected chi connectivity index (χ3v) is 4.25. The van der Waals surface area contributed by atoms with Crippen molar-refractivity contribution < 1.29 is 19.5 Å². The minimum absolute atomic E-state index is 0.0398. The first-order valence-electron chi connectivity index (χ1n) is 6.05. The minimum Gasteiger partial charge on any atom is -0.480 e. The molecular formula is C11H19N3O4S. The van der Waals surface area contributed by atoms with E-state index in [9.17, 15) is 14.4 Å². The SMILES string of the molecule is CSC1CCCC1NC(=O)N[C@@H](CC(N)=O)C(=O)O. The van der Waals surface area contributed by atoms with Crippen LogP contribution in [0.3, 0.4) is 0 Å². The molecule has 0 aromatic heterocycles. The molecule has 0 spiro atoms. The summed E-state index contributed by atoms with van der Waals surface area (Å²) >= 11 is 1.69. The van der Waals surface area contributed by atoms with Gasteiger partial charge in [-0.25, -0.2) is 9.59 Å². The van der Waals surface area contributed by atoms with E-state index in [0.29, 0.717) is 5.25 Å². The number of hydrogen-bond donors (Lipinski definition) is 4. The molecule has 19 heavy (non-hydrogen) atoms. The minimum atomic E-state index is -1.29. The Labute approximate surface area is 115 Å². The maximum atomic E-state index is 11.7.